The first-order valence-corrected chi connectivity index (χ1v) is 5.96. The average molecular weight is 251 g/mol. The second-order valence-corrected chi connectivity index (χ2v) is 4.38. The summed E-state index contributed by atoms with van der Waals surface area (Å²) in [4.78, 5) is 6.63. The molecule has 94 valence electrons. The Morgan fingerprint density at radius 3 is 2.32 bits per heavy atom. The smallest absolute Gasteiger partial charge is 0.211 e. The van der Waals surface area contributed by atoms with Crippen LogP contribution in [0.4, 0.5) is 0 Å². The lowest BCUT2D eigenvalue weighted by molar-refractivity contribution is 0.928. The number of hydrogen-bond donors (Lipinski definition) is 2. The van der Waals surface area contributed by atoms with Gasteiger partial charge in [-0.05, 0) is 25.3 Å². The molecule has 2 aromatic carbocycles. The number of para-hydroxylation sites is 1. The van der Waals surface area contributed by atoms with Gasteiger partial charge in [0.15, 0.2) is 0 Å². The summed E-state index contributed by atoms with van der Waals surface area (Å²) in [5.41, 5.74) is 14.5. The highest BCUT2D eigenvalue weighted by Crippen LogP contribution is 2.26. The summed E-state index contributed by atoms with van der Waals surface area (Å²) in [5.74, 6) is 0. The molecule has 19 heavy (non-hydrogen) atoms. The van der Waals surface area contributed by atoms with Gasteiger partial charge in [-0.2, -0.15) is 0 Å². The quantitative estimate of drug-likeness (QED) is 0.352. The third-order valence-electron chi connectivity index (χ3n) is 3.05. The van der Waals surface area contributed by atoms with Gasteiger partial charge in [0.1, 0.15) is 11.1 Å². The van der Waals surface area contributed by atoms with Crippen molar-refractivity contribution in [1.82, 2.24) is 9.90 Å². The molecule has 0 radical (unpaired) electrons. The third kappa shape index (κ3) is 2.49. The van der Waals surface area contributed by atoms with Crippen molar-refractivity contribution in [2.45, 2.75) is 13.8 Å². The van der Waals surface area contributed by atoms with E-state index in [2.05, 4.69) is 55.2 Å². The van der Waals surface area contributed by atoms with E-state index in [1.807, 2.05) is 11.0 Å². The zero-order chi connectivity index (χ0) is 13.8. The van der Waals surface area contributed by atoms with Crippen molar-refractivity contribution in [1.29, 1.82) is 11.1 Å². The van der Waals surface area contributed by atoms with Crippen LogP contribution in [0.5, 0.6) is 0 Å². The van der Waals surface area contributed by atoms with Gasteiger partial charge in [-0.15, -0.1) is 0 Å². The van der Waals surface area contributed by atoms with Crippen molar-refractivity contribution in [2.75, 3.05) is 0 Å². The van der Waals surface area contributed by atoms with Gasteiger partial charge in [-0.3, -0.25) is 4.98 Å². The first-order valence-electron chi connectivity index (χ1n) is 5.96. The summed E-state index contributed by atoms with van der Waals surface area (Å²) in [5, 5.41) is 3.80. The van der Waals surface area contributed by atoms with Crippen molar-refractivity contribution in [2.24, 2.45) is 0 Å². The van der Waals surface area contributed by atoms with E-state index in [4.69, 9.17) is 11.1 Å². The highest BCUT2D eigenvalue weighted by Gasteiger charge is 2.04. The summed E-state index contributed by atoms with van der Waals surface area (Å²) >= 11 is 0. The topological polar surface area (TPSA) is 74.7 Å². The zero-order valence-electron chi connectivity index (χ0n) is 10.9. The highest BCUT2D eigenvalue weighted by molar-refractivity contribution is 6.06. The summed E-state index contributed by atoms with van der Waals surface area (Å²) < 4.78 is 0. The Hall–Kier alpha value is -2.58. The fourth-order valence-electron chi connectivity index (χ4n) is 2.24. The Bertz CT molecular complexity index is 772. The molecule has 0 unspecified atom stereocenters. The van der Waals surface area contributed by atoms with E-state index in [9.17, 15) is 0 Å². The van der Waals surface area contributed by atoms with Gasteiger partial charge in [0.05, 0.1) is 5.52 Å². The van der Waals surface area contributed by atoms with E-state index < -0.39 is 0 Å². The molecule has 1 heterocycles. The first kappa shape index (κ1) is 12.9. The number of aromatic nitrogens is 1. The second kappa shape index (κ2) is 5.38. The van der Waals surface area contributed by atoms with E-state index in [0.717, 1.165) is 11.2 Å². The maximum absolute atomic E-state index is 5.50. The molecule has 0 bridgehead atoms. The fraction of sp³-hybridized carbons (Fsp3) is 0.133. The van der Waals surface area contributed by atoms with Crippen LogP contribution < -0.4 is 4.91 Å². The van der Waals surface area contributed by atoms with Gasteiger partial charge in [-0.1, -0.05) is 42.0 Å². The van der Waals surface area contributed by atoms with Gasteiger partial charge >= 0.3 is 0 Å². The Labute approximate surface area is 111 Å². The van der Waals surface area contributed by atoms with Gasteiger partial charge in [0.2, 0.25) is 4.91 Å². The SMILES string of the molecule is Cc1ccc2c(C)nc3ccccc3c2c1.N=[N+]=N. The molecule has 0 aliphatic carbocycles. The maximum atomic E-state index is 5.50. The number of nitrogens with one attached hydrogen (secondary N) is 2. The van der Waals surface area contributed by atoms with Gasteiger partial charge in [0, 0.05) is 16.5 Å². The standard InChI is InChI=1S/C15H13N.H2N3/c1-10-7-8-12-11(2)16-15-6-4-3-5-13(15)14(12)9-10;1-3-2/h3-9H,1-2H3;1-2H/q;+1. The molecule has 2 N–H and O–H groups in total. The number of rotatable bonds is 0. The van der Waals surface area contributed by atoms with Crippen LogP contribution in [0, 0.1) is 24.9 Å². The summed E-state index contributed by atoms with van der Waals surface area (Å²) in [6, 6.07) is 14.9. The fourth-order valence-corrected chi connectivity index (χ4v) is 2.24. The molecule has 0 saturated heterocycles. The van der Waals surface area contributed by atoms with Crippen molar-refractivity contribution >= 4 is 21.7 Å². The molecule has 0 aliphatic rings. The van der Waals surface area contributed by atoms with Crippen LogP contribution >= 0.6 is 0 Å². The van der Waals surface area contributed by atoms with Gasteiger partial charge < -0.3 is 0 Å². The van der Waals surface area contributed by atoms with Crippen LogP contribution in [0.1, 0.15) is 11.3 Å². The van der Waals surface area contributed by atoms with Crippen LogP contribution in [0.2, 0.25) is 0 Å². The van der Waals surface area contributed by atoms with Crippen LogP contribution in [-0.4, -0.2) is 4.98 Å². The largest absolute Gasteiger partial charge is 0.252 e. The maximum Gasteiger partial charge on any atom is 0.211 e. The van der Waals surface area contributed by atoms with Crippen molar-refractivity contribution < 1.29 is 0 Å². The molecule has 0 amide bonds. The molecule has 0 aliphatic heterocycles. The summed E-state index contributed by atoms with van der Waals surface area (Å²) in [6.45, 7) is 4.20. The van der Waals surface area contributed by atoms with Gasteiger partial charge in [-0.25, -0.2) is 0 Å². The minimum absolute atomic E-state index is 1.08. The highest BCUT2D eigenvalue weighted by atomic mass is 15.0. The first-order chi connectivity index (χ1) is 9.17. The molecule has 0 spiro atoms. The number of aryl methyl sites for hydroxylation is 2. The van der Waals surface area contributed by atoms with Crippen LogP contribution in [0.15, 0.2) is 42.5 Å². The molecule has 4 heteroatoms. The number of fused-ring (bicyclic) bond motifs is 3. The monoisotopic (exact) mass is 251 g/mol. The predicted octanol–water partition coefficient (Wildman–Crippen LogP) is 4.12. The van der Waals surface area contributed by atoms with E-state index in [1.165, 1.54) is 21.7 Å². The molecular weight excluding hydrogens is 236 g/mol. The molecule has 1 aromatic heterocycles. The Morgan fingerprint density at radius 2 is 1.58 bits per heavy atom. The Kier molecular flexibility index (Phi) is 3.64. The normalized spacial score (nSPS) is 9.79. The van der Waals surface area contributed by atoms with E-state index in [1.54, 1.807) is 0 Å². The average Bonchev–Trinajstić information content (AvgIpc) is 2.39. The third-order valence-corrected chi connectivity index (χ3v) is 3.05. The lowest BCUT2D eigenvalue weighted by Gasteiger charge is -2.07. The lowest BCUT2D eigenvalue weighted by atomic mass is 10.0. The number of hydrogen-bond acceptors (Lipinski definition) is 3. The van der Waals surface area contributed by atoms with E-state index in [0.29, 0.717) is 0 Å². The van der Waals surface area contributed by atoms with E-state index >= 15 is 0 Å². The van der Waals surface area contributed by atoms with Crippen LogP contribution in [-0.2, 0) is 0 Å². The zero-order valence-corrected chi connectivity index (χ0v) is 10.9. The van der Waals surface area contributed by atoms with Gasteiger partial charge in [0.25, 0.3) is 0 Å². The van der Waals surface area contributed by atoms with Crippen molar-refractivity contribution in [3.63, 3.8) is 0 Å². The van der Waals surface area contributed by atoms with Crippen molar-refractivity contribution in [3.05, 3.63) is 53.7 Å². The van der Waals surface area contributed by atoms with E-state index in [-0.39, 0.29) is 0 Å². The Morgan fingerprint density at radius 1 is 0.895 bits per heavy atom. The number of nitrogens with zero attached hydrogens (tertiary/aromatic N) is 2. The van der Waals surface area contributed by atoms with Crippen LogP contribution in [0.3, 0.4) is 0 Å². The number of pyridine rings is 1. The molecule has 4 nitrogen and oxygen atoms in total. The molecule has 0 atom stereocenters. The molecular formula is C15H15N4+. The minimum Gasteiger partial charge on any atom is -0.252 e. The van der Waals surface area contributed by atoms with Crippen LogP contribution in [0.25, 0.3) is 21.7 Å². The van der Waals surface area contributed by atoms with Crippen molar-refractivity contribution in [3.8, 4) is 0 Å². The number of benzene rings is 2. The lowest BCUT2D eigenvalue weighted by Crippen LogP contribution is -1.88. The second-order valence-electron chi connectivity index (χ2n) is 4.38. The summed E-state index contributed by atoms with van der Waals surface area (Å²) in [6.07, 6.45) is 0. The molecule has 0 fully saturated rings. The Balaban J connectivity index is 0.000000408. The molecule has 3 aromatic rings. The minimum atomic E-state index is 1.08. The molecule has 3 rings (SSSR count). The molecule has 0 saturated carbocycles. The summed E-state index contributed by atoms with van der Waals surface area (Å²) in [7, 11) is 0. The predicted molar refractivity (Wildman–Crippen MR) is 76.3 cm³/mol.